The van der Waals surface area contributed by atoms with Gasteiger partial charge in [-0.05, 0) is 19.8 Å². The molecule has 1 amide bonds. The molecule has 0 bridgehead atoms. The van der Waals surface area contributed by atoms with Crippen LogP contribution in [0.3, 0.4) is 0 Å². The number of carbonyl (C=O) groups is 1. The summed E-state index contributed by atoms with van der Waals surface area (Å²) in [6.07, 6.45) is -0.714. The topological polar surface area (TPSA) is 72.6 Å². The highest BCUT2D eigenvalue weighted by atomic mass is 16.6. The minimum atomic E-state index is -0.843. The SMILES string of the molecule is CC(C)[C@@H](CC(C)(C)O)OC(N)=O. The van der Waals surface area contributed by atoms with E-state index in [9.17, 15) is 9.90 Å². The van der Waals surface area contributed by atoms with E-state index in [4.69, 9.17) is 10.5 Å². The van der Waals surface area contributed by atoms with Crippen molar-refractivity contribution in [2.45, 2.75) is 45.8 Å². The van der Waals surface area contributed by atoms with Gasteiger partial charge in [-0.25, -0.2) is 4.79 Å². The Hall–Kier alpha value is -0.770. The number of amides is 1. The van der Waals surface area contributed by atoms with Crippen LogP contribution >= 0.6 is 0 Å². The molecule has 1 atom stereocenters. The Balaban J connectivity index is 4.19. The number of carbonyl (C=O) groups excluding carboxylic acids is 1. The molecule has 4 nitrogen and oxygen atoms in total. The zero-order chi connectivity index (χ0) is 10.6. The monoisotopic (exact) mass is 189 g/mol. The second kappa shape index (κ2) is 4.46. The number of primary amides is 1. The maximum atomic E-state index is 10.5. The Kier molecular flexibility index (Phi) is 4.20. The third kappa shape index (κ3) is 6.40. The van der Waals surface area contributed by atoms with Crippen LogP contribution in [0.1, 0.15) is 34.1 Å². The van der Waals surface area contributed by atoms with Gasteiger partial charge < -0.3 is 15.6 Å². The van der Waals surface area contributed by atoms with E-state index in [2.05, 4.69) is 0 Å². The van der Waals surface area contributed by atoms with Gasteiger partial charge in [0, 0.05) is 6.42 Å². The smallest absolute Gasteiger partial charge is 0.404 e. The van der Waals surface area contributed by atoms with Crippen molar-refractivity contribution < 1.29 is 14.6 Å². The Morgan fingerprint density at radius 1 is 1.54 bits per heavy atom. The van der Waals surface area contributed by atoms with Gasteiger partial charge in [0.05, 0.1) is 5.60 Å². The average Bonchev–Trinajstić information content (AvgIpc) is 1.81. The molecule has 3 N–H and O–H groups in total. The molecule has 0 aliphatic rings. The number of rotatable bonds is 4. The summed E-state index contributed by atoms with van der Waals surface area (Å²) in [5, 5.41) is 9.52. The molecule has 0 unspecified atom stereocenters. The Morgan fingerprint density at radius 3 is 2.23 bits per heavy atom. The van der Waals surface area contributed by atoms with Crippen LogP contribution in [0.4, 0.5) is 4.79 Å². The number of hydrogen-bond donors (Lipinski definition) is 2. The molecule has 4 heteroatoms. The van der Waals surface area contributed by atoms with Crippen LogP contribution in [-0.4, -0.2) is 22.9 Å². The fraction of sp³-hybridized carbons (Fsp3) is 0.889. The highest BCUT2D eigenvalue weighted by Gasteiger charge is 2.25. The van der Waals surface area contributed by atoms with Crippen LogP contribution in [0, 0.1) is 5.92 Å². The Morgan fingerprint density at radius 2 is 2.00 bits per heavy atom. The van der Waals surface area contributed by atoms with Crippen molar-refractivity contribution in [3.63, 3.8) is 0 Å². The Bertz CT molecular complexity index is 172. The van der Waals surface area contributed by atoms with Crippen LogP contribution in [0.2, 0.25) is 0 Å². The minimum absolute atomic E-state index is 0.152. The van der Waals surface area contributed by atoms with Crippen LogP contribution in [0.5, 0.6) is 0 Å². The number of nitrogens with two attached hydrogens (primary N) is 1. The lowest BCUT2D eigenvalue weighted by Crippen LogP contribution is -2.34. The third-order valence-electron chi connectivity index (χ3n) is 1.71. The summed E-state index contributed by atoms with van der Waals surface area (Å²) >= 11 is 0. The molecule has 0 aliphatic heterocycles. The van der Waals surface area contributed by atoms with Crippen molar-refractivity contribution in [2.75, 3.05) is 0 Å². The van der Waals surface area contributed by atoms with Crippen molar-refractivity contribution in [2.24, 2.45) is 11.7 Å². The molecule has 0 saturated carbocycles. The fourth-order valence-corrected chi connectivity index (χ4v) is 1.05. The molecule has 0 aliphatic carbocycles. The molecular weight excluding hydrogens is 170 g/mol. The molecule has 0 heterocycles. The molecule has 0 aromatic heterocycles. The largest absolute Gasteiger partial charge is 0.446 e. The maximum Gasteiger partial charge on any atom is 0.404 e. The van der Waals surface area contributed by atoms with E-state index in [1.165, 1.54) is 0 Å². The second-order valence-corrected chi connectivity index (χ2v) is 4.24. The summed E-state index contributed by atoms with van der Waals surface area (Å²) in [7, 11) is 0. The van der Waals surface area contributed by atoms with Gasteiger partial charge in [-0.1, -0.05) is 13.8 Å². The molecule has 0 radical (unpaired) electrons. The summed E-state index contributed by atoms with van der Waals surface area (Å²) in [6, 6.07) is 0. The van der Waals surface area contributed by atoms with E-state index in [0.717, 1.165) is 0 Å². The summed E-state index contributed by atoms with van der Waals surface area (Å²) in [4.78, 5) is 10.5. The lowest BCUT2D eigenvalue weighted by molar-refractivity contribution is -0.00551. The first-order valence-electron chi connectivity index (χ1n) is 4.41. The summed E-state index contributed by atoms with van der Waals surface area (Å²) < 4.78 is 4.87. The molecule has 13 heavy (non-hydrogen) atoms. The highest BCUT2D eigenvalue weighted by Crippen LogP contribution is 2.19. The predicted octanol–water partition coefficient (Wildman–Crippen LogP) is 1.27. The van der Waals surface area contributed by atoms with E-state index < -0.39 is 11.7 Å². The van der Waals surface area contributed by atoms with E-state index >= 15 is 0 Å². The van der Waals surface area contributed by atoms with Crippen LogP contribution < -0.4 is 5.73 Å². The lowest BCUT2D eigenvalue weighted by Gasteiger charge is -2.26. The van der Waals surface area contributed by atoms with Crippen LogP contribution in [0.25, 0.3) is 0 Å². The standard InChI is InChI=1S/C9H19NO3/c1-6(2)7(13-8(10)11)5-9(3,4)12/h6-7,12H,5H2,1-4H3,(H2,10,11)/t7-/m1/s1. The first-order chi connectivity index (χ1) is 5.72. The van der Waals surface area contributed by atoms with E-state index in [1.807, 2.05) is 13.8 Å². The lowest BCUT2D eigenvalue weighted by atomic mass is 9.94. The van der Waals surface area contributed by atoms with Crippen molar-refractivity contribution in [1.82, 2.24) is 0 Å². The molecule has 0 rings (SSSR count). The van der Waals surface area contributed by atoms with Gasteiger partial charge in [-0.2, -0.15) is 0 Å². The highest BCUT2D eigenvalue weighted by molar-refractivity contribution is 5.64. The molecule has 0 aromatic carbocycles. The van der Waals surface area contributed by atoms with Crippen molar-refractivity contribution in [3.05, 3.63) is 0 Å². The zero-order valence-corrected chi connectivity index (χ0v) is 8.70. The number of ether oxygens (including phenoxy) is 1. The fourth-order valence-electron chi connectivity index (χ4n) is 1.05. The van der Waals surface area contributed by atoms with Gasteiger partial charge >= 0.3 is 6.09 Å². The van der Waals surface area contributed by atoms with E-state index in [1.54, 1.807) is 13.8 Å². The van der Waals surface area contributed by atoms with Crippen LogP contribution in [-0.2, 0) is 4.74 Å². The Labute approximate surface area is 79.1 Å². The number of aliphatic hydroxyl groups is 1. The van der Waals surface area contributed by atoms with Crippen LogP contribution in [0.15, 0.2) is 0 Å². The van der Waals surface area contributed by atoms with Crippen molar-refractivity contribution >= 4 is 6.09 Å². The van der Waals surface area contributed by atoms with Gasteiger partial charge in [-0.15, -0.1) is 0 Å². The quantitative estimate of drug-likeness (QED) is 0.699. The summed E-state index contributed by atoms with van der Waals surface area (Å²) in [5.74, 6) is 0.152. The van der Waals surface area contributed by atoms with Gasteiger partial charge in [-0.3, -0.25) is 0 Å². The molecule has 0 spiro atoms. The van der Waals surface area contributed by atoms with E-state index in [0.29, 0.717) is 6.42 Å². The minimum Gasteiger partial charge on any atom is -0.446 e. The normalized spacial score (nSPS) is 14.3. The summed E-state index contributed by atoms with van der Waals surface area (Å²) in [5.41, 5.74) is 4.06. The van der Waals surface area contributed by atoms with Gasteiger partial charge in [0.25, 0.3) is 0 Å². The van der Waals surface area contributed by atoms with Gasteiger partial charge in [0.15, 0.2) is 0 Å². The first kappa shape index (κ1) is 12.2. The van der Waals surface area contributed by atoms with Crippen molar-refractivity contribution in [3.8, 4) is 0 Å². The molecule has 0 saturated heterocycles. The van der Waals surface area contributed by atoms with E-state index in [-0.39, 0.29) is 12.0 Å². The number of hydrogen-bond acceptors (Lipinski definition) is 3. The maximum absolute atomic E-state index is 10.5. The molecule has 0 fully saturated rings. The third-order valence-corrected chi connectivity index (χ3v) is 1.71. The molecule has 78 valence electrons. The molecular formula is C9H19NO3. The average molecular weight is 189 g/mol. The summed E-state index contributed by atoms with van der Waals surface area (Å²) in [6.45, 7) is 7.18. The van der Waals surface area contributed by atoms with Gasteiger partial charge in [0.2, 0.25) is 0 Å². The second-order valence-electron chi connectivity index (χ2n) is 4.24. The zero-order valence-electron chi connectivity index (χ0n) is 8.70. The predicted molar refractivity (Wildman–Crippen MR) is 50.2 cm³/mol. The first-order valence-corrected chi connectivity index (χ1v) is 4.41. The van der Waals surface area contributed by atoms with Gasteiger partial charge in [0.1, 0.15) is 6.10 Å². The molecule has 0 aromatic rings. The van der Waals surface area contributed by atoms with Crippen molar-refractivity contribution in [1.29, 1.82) is 0 Å².